The van der Waals surface area contributed by atoms with E-state index >= 15 is 0 Å². The summed E-state index contributed by atoms with van der Waals surface area (Å²) >= 11 is 0. The molecule has 0 aromatic heterocycles. The summed E-state index contributed by atoms with van der Waals surface area (Å²) in [7, 11) is -10.1. The Morgan fingerprint density at radius 1 is 1.11 bits per heavy atom. The van der Waals surface area contributed by atoms with Crippen LogP contribution >= 0.6 is 8.07 Å². The number of ketones is 1. The van der Waals surface area contributed by atoms with Crippen LogP contribution in [0.25, 0.3) is 0 Å². The van der Waals surface area contributed by atoms with E-state index in [9.17, 15) is 30.8 Å². The molecule has 10 heteroatoms. The van der Waals surface area contributed by atoms with E-state index in [1.165, 1.54) is 0 Å². The first-order valence-corrected chi connectivity index (χ1v) is 9.19. The number of hydrogen-bond donors (Lipinski definition) is 0. The topological polar surface area (TPSA) is 60.4 Å². The molecule has 0 saturated heterocycles. The average Bonchev–Trinajstić information content (AvgIpc) is 2.20. The van der Waals surface area contributed by atoms with Gasteiger partial charge in [0.2, 0.25) is 0 Å². The first-order valence-electron chi connectivity index (χ1n) is 5.65. The van der Waals surface area contributed by atoms with Crippen molar-refractivity contribution in [2.45, 2.75) is 44.7 Å². The monoisotopic (exact) mass is 322 g/mol. The van der Waals surface area contributed by atoms with Gasteiger partial charge in [-0.3, -0.25) is 0 Å². The van der Waals surface area contributed by atoms with Gasteiger partial charge >= 0.3 is 109 Å². The third-order valence-electron chi connectivity index (χ3n) is 2.12. The van der Waals surface area contributed by atoms with E-state index in [4.69, 9.17) is 0 Å². The predicted octanol–water partition coefficient (Wildman–Crippen LogP) is 4.11. The standard InChI is InChI=1S/C9H15F4O4PSi/c1-2-19(16)7-8(14)5-3-4-6-9(15)17-18(10,11,12)13/h2-7H2,1H3. The van der Waals surface area contributed by atoms with Crippen molar-refractivity contribution < 1.29 is 35.4 Å². The molecule has 0 unspecified atom stereocenters. The van der Waals surface area contributed by atoms with Crippen LogP contribution in [0.3, 0.4) is 0 Å². The molecule has 0 N–H and O–H groups in total. The molecule has 0 saturated carbocycles. The fourth-order valence-corrected chi connectivity index (χ4v) is 2.49. The van der Waals surface area contributed by atoms with Gasteiger partial charge in [-0.2, -0.15) is 0 Å². The Morgan fingerprint density at radius 3 is 2.11 bits per heavy atom. The third-order valence-corrected chi connectivity index (χ3v) is 4.17. The zero-order chi connectivity index (χ0) is 15.1. The van der Waals surface area contributed by atoms with Crippen LogP contribution in [0.15, 0.2) is 0 Å². The Kier molecular flexibility index (Phi) is 6.92. The molecular formula is C9H15F4O4PSi. The van der Waals surface area contributed by atoms with Crippen molar-refractivity contribution in [1.29, 1.82) is 0 Å². The molecule has 0 aliphatic heterocycles. The number of carbonyl (C=O) groups is 2. The van der Waals surface area contributed by atoms with Crippen LogP contribution in [-0.4, -0.2) is 20.4 Å². The second-order valence-corrected chi connectivity index (χ2v) is 7.58. The van der Waals surface area contributed by atoms with Gasteiger partial charge in [0, 0.05) is 0 Å². The number of unbranched alkanes of at least 4 members (excludes halogenated alkanes) is 1. The molecule has 0 heterocycles. The van der Waals surface area contributed by atoms with Crippen molar-refractivity contribution in [2.24, 2.45) is 0 Å². The van der Waals surface area contributed by atoms with Gasteiger partial charge in [0.1, 0.15) is 0 Å². The van der Waals surface area contributed by atoms with Gasteiger partial charge in [0.15, 0.2) is 0 Å². The molecular weight excluding hydrogens is 307 g/mol. The summed E-state index contributed by atoms with van der Waals surface area (Å²) in [5, 5.41) is 0. The molecule has 0 fully saturated rings. The first-order chi connectivity index (χ1) is 8.49. The zero-order valence-electron chi connectivity index (χ0n) is 10.3. The van der Waals surface area contributed by atoms with Gasteiger partial charge in [-0.15, -0.1) is 0 Å². The molecule has 0 amide bonds. The van der Waals surface area contributed by atoms with Crippen molar-refractivity contribution in [3.8, 4) is 0 Å². The van der Waals surface area contributed by atoms with E-state index in [0.29, 0.717) is 6.04 Å². The van der Waals surface area contributed by atoms with Crippen molar-refractivity contribution in [2.75, 3.05) is 0 Å². The Balaban J connectivity index is 3.79. The van der Waals surface area contributed by atoms with Gasteiger partial charge in [0.25, 0.3) is 0 Å². The molecule has 0 aliphatic rings. The first kappa shape index (κ1) is 18.3. The summed E-state index contributed by atoms with van der Waals surface area (Å²) in [6.07, 6.45) is -0.385. The molecule has 19 heavy (non-hydrogen) atoms. The maximum absolute atomic E-state index is 11.7. The van der Waals surface area contributed by atoms with Crippen LogP contribution in [0.1, 0.15) is 32.6 Å². The summed E-state index contributed by atoms with van der Waals surface area (Å²) in [6.45, 7) is 1.69. The molecule has 0 spiro atoms. The minimum atomic E-state index is -8.24. The van der Waals surface area contributed by atoms with Crippen molar-refractivity contribution in [1.82, 2.24) is 0 Å². The van der Waals surface area contributed by atoms with E-state index < -0.39 is 29.1 Å². The Labute approximate surface area is 109 Å². The fraction of sp³-hybridized carbons (Fsp3) is 0.778. The second kappa shape index (κ2) is 7.19. The van der Waals surface area contributed by atoms with E-state index in [-0.39, 0.29) is 31.1 Å². The number of rotatable bonds is 9. The zero-order valence-corrected chi connectivity index (χ0v) is 12.2. The molecule has 0 atom stereocenters. The summed E-state index contributed by atoms with van der Waals surface area (Å²) in [6, 6.07) is 0.405. The number of hydrogen-bond acceptors (Lipinski definition) is 4. The van der Waals surface area contributed by atoms with Crippen LogP contribution in [0.4, 0.5) is 16.8 Å². The minimum absolute atomic E-state index is 0.00980. The number of Topliss-reactive ketones (excluding diaryl/α,β-unsaturated/α-hetero) is 1. The van der Waals surface area contributed by atoms with E-state index in [0.717, 1.165) is 0 Å². The normalized spacial score (nSPS) is 13.4. The van der Waals surface area contributed by atoms with Gasteiger partial charge in [-0.05, 0) is 0 Å². The third kappa shape index (κ3) is 12.1. The summed E-state index contributed by atoms with van der Waals surface area (Å²) in [5.74, 6) is -1.92. The van der Waals surface area contributed by atoms with Crippen molar-refractivity contribution >= 4 is 28.5 Å². The Bertz CT molecular complexity index is 360. The van der Waals surface area contributed by atoms with Crippen molar-refractivity contribution in [3.63, 3.8) is 0 Å². The predicted molar refractivity (Wildman–Crippen MR) is 62.6 cm³/mol. The summed E-state index contributed by atoms with van der Waals surface area (Å²) in [5.41, 5.74) is 0. The molecule has 0 aliphatic carbocycles. The van der Waals surface area contributed by atoms with Crippen LogP contribution in [-0.2, 0) is 18.6 Å². The second-order valence-electron chi connectivity index (χ2n) is 3.94. The van der Waals surface area contributed by atoms with Crippen LogP contribution in [0.2, 0.25) is 12.1 Å². The molecule has 0 radical (unpaired) electrons. The van der Waals surface area contributed by atoms with Crippen LogP contribution in [0, 0.1) is 0 Å². The number of halogens is 4. The maximum atomic E-state index is 11.7. The Hall–Kier alpha value is -0.693. The molecule has 0 aromatic rings. The van der Waals surface area contributed by atoms with Crippen molar-refractivity contribution in [3.05, 3.63) is 0 Å². The van der Waals surface area contributed by atoms with Gasteiger partial charge in [-0.25, -0.2) is 0 Å². The van der Waals surface area contributed by atoms with Crippen LogP contribution < -0.4 is 0 Å². The molecule has 0 bridgehead atoms. The van der Waals surface area contributed by atoms with Gasteiger partial charge < -0.3 is 0 Å². The molecule has 4 nitrogen and oxygen atoms in total. The van der Waals surface area contributed by atoms with E-state index in [1.807, 2.05) is 0 Å². The quantitative estimate of drug-likeness (QED) is 0.277. The average molecular weight is 322 g/mol. The van der Waals surface area contributed by atoms with E-state index in [2.05, 4.69) is 4.52 Å². The summed E-state index contributed by atoms with van der Waals surface area (Å²) < 4.78 is 60.9. The SMILES string of the molecule is CC[Si](=O)CC(=O)CCCCC(=O)OP(F)(F)(F)F. The van der Waals surface area contributed by atoms with E-state index in [1.54, 1.807) is 6.92 Å². The summed E-state index contributed by atoms with van der Waals surface area (Å²) in [4.78, 5) is 21.9. The van der Waals surface area contributed by atoms with Crippen LogP contribution in [0.5, 0.6) is 0 Å². The van der Waals surface area contributed by atoms with Gasteiger partial charge in [-0.1, -0.05) is 0 Å². The van der Waals surface area contributed by atoms with Gasteiger partial charge in [0.05, 0.1) is 0 Å². The Morgan fingerprint density at radius 2 is 1.63 bits per heavy atom. The molecule has 112 valence electrons. The fourth-order valence-electron chi connectivity index (χ4n) is 1.22. The molecule has 0 aromatic carbocycles. The molecule has 0 rings (SSSR count). The number of carbonyl (C=O) groups excluding carboxylic acids is 2.